The summed E-state index contributed by atoms with van der Waals surface area (Å²) < 4.78 is 0. The van der Waals surface area contributed by atoms with Crippen LogP contribution in [-0.2, 0) is 6.54 Å². The van der Waals surface area contributed by atoms with Gasteiger partial charge in [0, 0.05) is 6.54 Å². The minimum atomic E-state index is -0.135. The van der Waals surface area contributed by atoms with Gasteiger partial charge in [0.15, 0.2) is 0 Å². The third-order valence-electron chi connectivity index (χ3n) is 2.24. The fourth-order valence-electron chi connectivity index (χ4n) is 1.41. The number of carbonyl (C=O) groups is 1. The molecule has 0 atom stereocenters. The minimum Gasteiger partial charge on any atom is -0.347 e. The van der Waals surface area contributed by atoms with Crippen LogP contribution in [0.25, 0.3) is 0 Å². The van der Waals surface area contributed by atoms with Crippen LogP contribution in [0.1, 0.15) is 21.9 Å². The van der Waals surface area contributed by atoms with Crippen molar-refractivity contribution in [1.82, 2.24) is 15.3 Å². The maximum atomic E-state index is 11.6. The zero-order valence-electron chi connectivity index (χ0n) is 9.03. The first-order valence-electron chi connectivity index (χ1n) is 5.09. The lowest BCUT2D eigenvalue weighted by Gasteiger charge is -2.02. The number of rotatable bonds is 3. The average molecular weight is 215 g/mol. The van der Waals surface area contributed by atoms with Gasteiger partial charge in [-0.2, -0.15) is 0 Å². The minimum absolute atomic E-state index is 0.135. The number of imidazole rings is 1. The fourth-order valence-corrected chi connectivity index (χ4v) is 1.41. The summed E-state index contributed by atoms with van der Waals surface area (Å²) in [6.45, 7) is 2.34. The summed E-state index contributed by atoms with van der Waals surface area (Å²) in [5, 5.41) is 2.82. The molecule has 0 saturated heterocycles. The van der Waals surface area contributed by atoms with Gasteiger partial charge < -0.3 is 10.3 Å². The Kier molecular flexibility index (Phi) is 3.00. The molecular formula is C12H13N3O. The van der Waals surface area contributed by atoms with Crippen molar-refractivity contribution in [2.45, 2.75) is 13.5 Å². The second-order valence-corrected chi connectivity index (χ2v) is 3.55. The molecule has 1 aromatic carbocycles. The van der Waals surface area contributed by atoms with Crippen LogP contribution in [0.4, 0.5) is 0 Å². The number of aromatic nitrogens is 2. The Bertz CT molecular complexity index is 476. The predicted molar refractivity (Wildman–Crippen MR) is 60.9 cm³/mol. The van der Waals surface area contributed by atoms with Gasteiger partial charge in [-0.3, -0.25) is 4.79 Å². The summed E-state index contributed by atoms with van der Waals surface area (Å²) in [5.74, 6) is 0.606. The molecule has 0 radical (unpaired) electrons. The maximum absolute atomic E-state index is 11.6. The number of amides is 1. The van der Waals surface area contributed by atoms with E-state index in [1.165, 1.54) is 6.20 Å². The number of nitrogens with zero attached hydrogens (tertiary/aromatic N) is 1. The van der Waals surface area contributed by atoms with E-state index in [4.69, 9.17) is 0 Å². The Labute approximate surface area is 93.7 Å². The first-order valence-corrected chi connectivity index (χ1v) is 5.09. The van der Waals surface area contributed by atoms with E-state index in [0.717, 1.165) is 11.4 Å². The molecule has 0 saturated carbocycles. The highest BCUT2D eigenvalue weighted by Crippen LogP contribution is 1.99. The second-order valence-electron chi connectivity index (χ2n) is 3.55. The highest BCUT2D eigenvalue weighted by molar-refractivity contribution is 5.92. The summed E-state index contributed by atoms with van der Waals surface area (Å²) >= 11 is 0. The van der Waals surface area contributed by atoms with Gasteiger partial charge in [0.25, 0.3) is 5.91 Å². The molecule has 0 fully saturated rings. The lowest BCUT2D eigenvalue weighted by atomic mass is 10.2. The molecule has 0 bridgehead atoms. The molecule has 1 aromatic heterocycles. The zero-order valence-corrected chi connectivity index (χ0v) is 9.03. The van der Waals surface area contributed by atoms with E-state index in [0.29, 0.717) is 12.2 Å². The van der Waals surface area contributed by atoms with E-state index in [2.05, 4.69) is 15.3 Å². The molecule has 2 aromatic rings. The molecule has 0 aliphatic heterocycles. The molecule has 2 N–H and O–H groups in total. The fraction of sp³-hybridized carbons (Fsp3) is 0.167. The normalized spacial score (nSPS) is 10.1. The van der Waals surface area contributed by atoms with Crippen LogP contribution < -0.4 is 5.32 Å². The van der Waals surface area contributed by atoms with Crippen LogP contribution in [-0.4, -0.2) is 15.9 Å². The third kappa shape index (κ3) is 2.48. The average Bonchev–Trinajstić information content (AvgIpc) is 2.74. The van der Waals surface area contributed by atoms with Gasteiger partial charge in [-0.25, -0.2) is 4.98 Å². The SMILES string of the molecule is Cc1ncc(C(=O)NCc2ccccc2)[nH]1. The van der Waals surface area contributed by atoms with Gasteiger partial charge in [-0.05, 0) is 12.5 Å². The largest absolute Gasteiger partial charge is 0.347 e. The van der Waals surface area contributed by atoms with Crippen molar-refractivity contribution in [2.75, 3.05) is 0 Å². The number of aromatic amines is 1. The van der Waals surface area contributed by atoms with E-state index in [1.807, 2.05) is 37.3 Å². The summed E-state index contributed by atoms with van der Waals surface area (Å²) in [4.78, 5) is 18.5. The summed E-state index contributed by atoms with van der Waals surface area (Å²) in [5.41, 5.74) is 1.57. The van der Waals surface area contributed by atoms with E-state index in [-0.39, 0.29) is 5.91 Å². The van der Waals surface area contributed by atoms with Gasteiger partial charge in [0.05, 0.1) is 6.20 Å². The van der Waals surface area contributed by atoms with Crippen molar-refractivity contribution >= 4 is 5.91 Å². The molecule has 0 aliphatic carbocycles. The molecule has 16 heavy (non-hydrogen) atoms. The standard InChI is InChI=1S/C12H13N3O/c1-9-13-8-11(15-9)12(16)14-7-10-5-3-2-4-6-10/h2-6,8H,7H2,1H3,(H,13,15)(H,14,16). The molecular weight excluding hydrogens is 202 g/mol. The second kappa shape index (κ2) is 4.61. The van der Waals surface area contributed by atoms with E-state index in [1.54, 1.807) is 0 Å². The maximum Gasteiger partial charge on any atom is 0.269 e. The summed E-state index contributed by atoms with van der Waals surface area (Å²) in [6, 6.07) is 9.78. The lowest BCUT2D eigenvalue weighted by Crippen LogP contribution is -2.23. The molecule has 1 amide bonds. The van der Waals surface area contributed by atoms with Crippen molar-refractivity contribution in [3.05, 3.63) is 53.6 Å². The van der Waals surface area contributed by atoms with Crippen LogP contribution in [0.3, 0.4) is 0 Å². The van der Waals surface area contributed by atoms with Crippen molar-refractivity contribution in [2.24, 2.45) is 0 Å². The van der Waals surface area contributed by atoms with E-state index < -0.39 is 0 Å². The molecule has 4 nitrogen and oxygen atoms in total. The van der Waals surface area contributed by atoms with Gasteiger partial charge in [-0.1, -0.05) is 30.3 Å². The summed E-state index contributed by atoms with van der Waals surface area (Å²) in [7, 11) is 0. The van der Waals surface area contributed by atoms with Gasteiger partial charge in [-0.15, -0.1) is 0 Å². The number of hydrogen-bond acceptors (Lipinski definition) is 2. The highest BCUT2D eigenvalue weighted by Gasteiger charge is 2.06. The number of nitrogens with one attached hydrogen (secondary N) is 2. The number of H-pyrrole nitrogens is 1. The van der Waals surface area contributed by atoms with Gasteiger partial charge >= 0.3 is 0 Å². The number of aryl methyl sites for hydroxylation is 1. The van der Waals surface area contributed by atoms with Gasteiger partial charge in [0.1, 0.15) is 11.5 Å². The number of hydrogen-bond donors (Lipinski definition) is 2. The van der Waals surface area contributed by atoms with Crippen LogP contribution in [0, 0.1) is 6.92 Å². The molecule has 1 heterocycles. The van der Waals surface area contributed by atoms with Crippen molar-refractivity contribution < 1.29 is 4.79 Å². The van der Waals surface area contributed by atoms with E-state index in [9.17, 15) is 4.79 Å². The zero-order chi connectivity index (χ0) is 11.4. The van der Waals surface area contributed by atoms with Crippen molar-refractivity contribution in [3.8, 4) is 0 Å². The van der Waals surface area contributed by atoms with Crippen molar-refractivity contribution in [1.29, 1.82) is 0 Å². The van der Waals surface area contributed by atoms with Gasteiger partial charge in [0.2, 0.25) is 0 Å². The monoisotopic (exact) mass is 215 g/mol. The topological polar surface area (TPSA) is 57.8 Å². The summed E-state index contributed by atoms with van der Waals surface area (Å²) in [6.07, 6.45) is 1.54. The lowest BCUT2D eigenvalue weighted by molar-refractivity contribution is 0.0946. The molecule has 2 rings (SSSR count). The Balaban J connectivity index is 1.94. The Morgan fingerprint density at radius 3 is 2.75 bits per heavy atom. The van der Waals surface area contributed by atoms with Crippen LogP contribution in [0.15, 0.2) is 36.5 Å². The molecule has 4 heteroatoms. The molecule has 0 aliphatic rings. The highest BCUT2D eigenvalue weighted by atomic mass is 16.1. The Hall–Kier alpha value is -2.10. The first kappa shape index (κ1) is 10.4. The molecule has 82 valence electrons. The van der Waals surface area contributed by atoms with Crippen LogP contribution >= 0.6 is 0 Å². The number of benzene rings is 1. The van der Waals surface area contributed by atoms with Crippen LogP contribution in [0.2, 0.25) is 0 Å². The number of carbonyl (C=O) groups excluding carboxylic acids is 1. The quantitative estimate of drug-likeness (QED) is 0.817. The molecule has 0 unspecified atom stereocenters. The Morgan fingerprint density at radius 1 is 1.38 bits per heavy atom. The molecule has 0 spiro atoms. The third-order valence-corrected chi connectivity index (χ3v) is 2.24. The van der Waals surface area contributed by atoms with E-state index >= 15 is 0 Å². The van der Waals surface area contributed by atoms with Crippen LogP contribution in [0.5, 0.6) is 0 Å². The first-order chi connectivity index (χ1) is 7.75. The van der Waals surface area contributed by atoms with Crippen molar-refractivity contribution in [3.63, 3.8) is 0 Å². The smallest absolute Gasteiger partial charge is 0.269 e. The Morgan fingerprint density at radius 2 is 2.12 bits per heavy atom. The predicted octanol–water partition coefficient (Wildman–Crippen LogP) is 1.65.